The van der Waals surface area contributed by atoms with Gasteiger partial charge in [0.15, 0.2) is 0 Å². The molecule has 0 spiro atoms. The molecule has 0 radical (unpaired) electrons. The van der Waals surface area contributed by atoms with Crippen LogP contribution in [0.2, 0.25) is 5.02 Å². The van der Waals surface area contributed by atoms with Gasteiger partial charge in [-0.05, 0) is 62.1 Å². The molecule has 1 saturated heterocycles. The van der Waals surface area contributed by atoms with Crippen LogP contribution in [-0.4, -0.2) is 42.5 Å². The van der Waals surface area contributed by atoms with Gasteiger partial charge in [0.25, 0.3) is 11.8 Å². The van der Waals surface area contributed by atoms with Crippen LogP contribution in [0.1, 0.15) is 46.4 Å². The largest absolute Gasteiger partial charge is 0.493 e. The van der Waals surface area contributed by atoms with E-state index in [4.69, 9.17) is 16.3 Å². The van der Waals surface area contributed by atoms with E-state index in [1.54, 1.807) is 17.0 Å². The Bertz CT molecular complexity index is 948. The number of hydrogen-bond acceptors (Lipinski definition) is 3. The summed E-state index contributed by atoms with van der Waals surface area (Å²) in [5.41, 5.74) is 0.903. The van der Waals surface area contributed by atoms with E-state index in [1.165, 1.54) is 12.1 Å². The second kappa shape index (κ2) is 9.04. The van der Waals surface area contributed by atoms with Gasteiger partial charge in [-0.3, -0.25) is 9.59 Å². The lowest BCUT2D eigenvalue weighted by Gasteiger charge is -2.33. The predicted molar refractivity (Wildman–Crippen MR) is 112 cm³/mol. The molecule has 2 aliphatic rings. The number of benzene rings is 2. The van der Waals surface area contributed by atoms with Crippen LogP contribution in [0.15, 0.2) is 42.5 Å². The van der Waals surface area contributed by atoms with Gasteiger partial charge in [-0.2, -0.15) is 0 Å². The average molecular weight is 431 g/mol. The lowest BCUT2D eigenvalue weighted by molar-refractivity contribution is 0.0633. The van der Waals surface area contributed by atoms with E-state index in [0.29, 0.717) is 42.6 Å². The lowest BCUT2D eigenvalue weighted by atomic mass is 9.98. The molecule has 1 unspecified atom stereocenters. The first-order valence-corrected chi connectivity index (χ1v) is 10.7. The summed E-state index contributed by atoms with van der Waals surface area (Å²) < 4.78 is 19.2. The number of carbonyl (C=O) groups is 2. The third kappa shape index (κ3) is 5.11. The highest BCUT2D eigenvalue weighted by Crippen LogP contribution is 2.25. The summed E-state index contributed by atoms with van der Waals surface area (Å²) >= 11 is 6.05. The Morgan fingerprint density at radius 3 is 2.77 bits per heavy atom. The quantitative estimate of drug-likeness (QED) is 0.743. The number of ether oxygens (including phenoxy) is 1. The smallest absolute Gasteiger partial charge is 0.255 e. The maximum atomic E-state index is 13.3. The first kappa shape index (κ1) is 20.7. The number of hydrogen-bond donors (Lipinski definition) is 1. The van der Waals surface area contributed by atoms with Crippen LogP contribution in [0.5, 0.6) is 5.75 Å². The van der Waals surface area contributed by atoms with Gasteiger partial charge in [-0.1, -0.05) is 17.7 Å². The van der Waals surface area contributed by atoms with Gasteiger partial charge in [0.1, 0.15) is 11.6 Å². The summed E-state index contributed by atoms with van der Waals surface area (Å²) in [6, 6.07) is 11.3. The normalized spacial score (nSPS) is 18.7. The molecule has 2 amide bonds. The molecule has 1 saturated carbocycles. The Hall–Kier alpha value is -2.60. The molecule has 1 aliphatic carbocycles. The number of nitrogens with zero attached hydrogens (tertiary/aromatic N) is 1. The topological polar surface area (TPSA) is 58.6 Å². The van der Waals surface area contributed by atoms with Crippen LogP contribution in [0, 0.1) is 11.7 Å². The summed E-state index contributed by atoms with van der Waals surface area (Å²) in [5, 5.41) is 3.10. The van der Waals surface area contributed by atoms with Crippen LogP contribution >= 0.6 is 11.6 Å². The molecule has 5 nitrogen and oxygen atoms in total. The molecule has 0 bridgehead atoms. The SMILES string of the molecule is O=C(NC1CC1)c1cccc(OCC2CCCN(C(=O)c3ccc(F)cc3Cl)C2)c1. The Labute approximate surface area is 180 Å². The maximum Gasteiger partial charge on any atom is 0.255 e. The zero-order valence-electron chi connectivity index (χ0n) is 16.6. The minimum Gasteiger partial charge on any atom is -0.493 e. The van der Waals surface area contributed by atoms with Crippen molar-refractivity contribution in [1.29, 1.82) is 0 Å². The molecular weight excluding hydrogens is 407 g/mol. The third-order valence-electron chi connectivity index (χ3n) is 5.46. The average Bonchev–Trinajstić information content (AvgIpc) is 3.56. The molecule has 158 valence electrons. The summed E-state index contributed by atoms with van der Waals surface area (Å²) in [6.07, 6.45) is 3.90. The van der Waals surface area contributed by atoms with Gasteiger partial charge < -0.3 is 15.0 Å². The zero-order chi connectivity index (χ0) is 21.1. The van der Waals surface area contributed by atoms with Gasteiger partial charge in [-0.15, -0.1) is 0 Å². The van der Waals surface area contributed by atoms with Gasteiger partial charge >= 0.3 is 0 Å². The minimum absolute atomic E-state index is 0.0754. The molecule has 1 aliphatic heterocycles. The molecule has 1 heterocycles. The summed E-state index contributed by atoms with van der Waals surface area (Å²) in [4.78, 5) is 26.8. The standard InChI is InChI=1S/C23H24ClFN2O3/c24-21-12-17(25)6-9-20(21)23(29)27-10-2-3-15(13-27)14-30-19-5-1-4-16(11-19)22(28)26-18-7-8-18/h1,4-6,9,11-12,15,18H,2-3,7-8,10,13-14H2,(H,26,28). The third-order valence-corrected chi connectivity index (χ3v) is 5.77. The lowest BCUT2D eigenvalue weighted by Crippen LogP contribution is -2.41. The van der Waals surface area contributed by atoms with Gasteiger partial charge in [-0.25, -0.2) is 4.39 Å². The van der Waals surface area contributed by atoms with E-state index < -0.39 is 5.82 Å². The molecule has 4 rings (SSSR count). The van der Waals surface area contributed by atoms with Crippen LogP contribution in [0.4, 0.5) is 4.39 Å². The van der Waals surface area contributed by atoms with E-state index in [-0.39, 0.29) is 22.8 Å². The van der Waals surface area contributed by atoms with Gasteiger partial charge in [0.05, 0.1) is 17.2 Å². The first-order valence-electron chi connectivity index (χ1n) is 10.3. The van der Waals surface area contributed by atoms with Gasteiger partial charge in [0, 0.05) is 30.6 Å². The second-order valence-electron chi connectivity index (χ2n) is 7.97. The second-order valence-corrected chi connectivity index (χ2v) is 8.38. The van der Waals surface area contributed by atoms with Crippen molar-refractivity contribution in [2.24, 2.45) is 5.92 Å². The van der Waals surface area contributed by atoms with Gasteiger partial charge in [0.2, 0.25) is 0 Å². The highest BCUT2D eigenvalue weighted by molar-refractivity contribution is 6.33. The van der Waals surface area contributed by atoms with E-state index in [0.717, 1.165) is 31.7 Å². The number of halogens is 2. The Balaban J connectivity index is 1.34. The fraction of sp³-hybridized carbons (Fsp3) is 0.391. The molecule has 1 atom stereocenters. The number of carbonyl (C=O) groups excluding carboxylic acids is 2. The van der Waals surface area contributed by atoms with Crippen LogP contribution in [-0.2, 0) is 0 Å². The Morgan fingerprint density at radius 1 is 1.17 bits per heavy atom. The van der Waals surface area contributed by atoms with Crippen molar-refractivity contribution in [3.63, 3.8) is 0 Å². The number of likely N-dealkylation sites (tertiary alicyclic amines) is 1. The van der Waals surface area contributed by atoms with Crippen LogP contribution in [0.3, 0.4) is 0 Å². The molecule has 1 N–H and O–H groups in total. The minimum atomic E-state index is -0.463. The number of nitrogens with one attached hydrogen (secondary N) is 1. The van der Waals surface area contributed by atoms with Crippen molar-refractivity contribution >= 4 is 23.4 Å². The Morgan fingerprint density at radius 2 is 2.00 bits per heavy atom. The van der Waals surface area contributed by atoms with Crippen LogP contribution in [0.25, 0.3) is 0 Å². The van der Waals surface area contributed by atoms with E-state index in [9.17, 15) is 14.0 Å². The highest BCUT2D eigenvalue weighted by atomic mass is 35.5. The molecule has 2 aromatic rings. The fourth-order valence-electron chi connectivity index (χ4n) is 3.66. The fourth-order valence-corrected chi connectivity index (χ4v) is 3.90. The predicted octanol–water partition coefficient (Wildman–Crippen LogP) is 4.30. The zero-order valence-corrected chi connectivity index (χ0v) is 17.3. The summed E-state index contributed by atoms with van der Waals surface area (Å²) in [6.45, 7) is 1.64. The summed E-state index contributed by atoms with van der Waals surface area (Å²) in [5.74, 6) is 0.0841. The van der Waals surface area contributed by atoms with Crippen molar-refractivity contribution in [3.8, 4) is 5.75 Å². The number of amides is 2. The molecule has 30 heavy (non-hydrogen) atoms. The van der Waals surface area contributed by atoms with E-state index in [2.05, 4.69) is 5.32 Å². The molecule has 2 fully saturated rings. The van der Waals surface area contributed by atoms with Crippen molar-refractivity contribution in [2.75, 3.05) is 19.7 Å². The van der Waals surface area contributed by atoms with E-state index >= 15 is 0 Å². The van der Waals surface area contributed by atoms with Crippen molar-refractivity contribution in [3.05, 3.63) is 64.4 Å². The molecule has 0 aromatic heterocycles. The molecular formula is C23H24ClFN2O3. The summed E-state index contributed by atoms with van der Waals surface area (Å²) in [7, 11) is 0. The monoisotopic (exact) mass is 430 g/mol. The number of rotatable bonds is 6. The maximum absolute atomic E-state index is 13.3. The Kier molecular flexibility index (Phi) is 6.23. The highest BCUT2D eigenvalue weighted by Gasteiger charge is 2.27. The first-order chi connectivity index (χ1) is 14.5. The van der Waals surface area contributed by atoms with Crippen molar-refractivity contribution in [1.82, 2.24) is 10.2 Å². The molecule has 2 aromatic carbocycles. The van der Waals surface area contributed by atoms with Crippen LogP contribution < -0.4 is 10.1 Å². The molecule has 7 heteroatoms. The van der Waals surface area contributed by atoms with E-state index in [1.807, 2.05) is 12.1 Å². The van der Waals surface area contributed by atoms with Crippen molar-refractivity contribution in [2.45, 2.75) is 31.7 Å². The number of piperidine rings is 1. The van der Waals surface area contributed by atoms with Crippen molar-refractivity contribution < 1.29 is 18.7 Å².